The van der Waals surface area contributed by atoms with Gasteiger partial charge in [-0.05, 0) is 30.9 Å². The van der Waals surface area contributed by atoms with Crippen molar-refractivity contribution < 1.29 is 0 Å². The van der Waals surface area contributed by atoms with Gasteiger partial charge < -0.3 is 11.5 Å². The minimum absolute atomic E-state index is 0.133. The Morgan fingerprint density at radius 2 is 2.00 bits per heavy atom. The van der Waals surface area contributed by atoms with Crippen LogP contribution < -0.4 is 11.5 Å². The molecule has 0 saturated heterocycles. The van der Waals surface area contributed by atoms with E-state index in [1.165, 1.54) is 5.57 Å². The average Bonchev–Trinajstić information content (AvgIpc) is 2.11. The fraction of sp³-hybridized carbons (Fsp3) is 0.636. The topological polar surface area (TPSA) is 52.0 Å². The van der Waals surface area contributed by atoms with Gasteiger partial charge in [-0.25, -0.2) is 0 Å². The maximum absolute atomic E-state index is 5.98. The maximum atomic E-state index is 5.98. The van der Waals surface area contributed by atoms with Gasteiger partial charge in [-0.15, -0.1) is 0 Å². The molecule has 0 aromatic carbocycles. The zero-order chi connectivity index (χ0) is 10.1. The first kappa shape index (κ1) is 10.2. The summed E-state index contributed by atoms with van der Waals surface area (Å²) in [5.41, 5.74) is 15.2. The molecule has 0 heterocycles. The lowest BCUT2D eigenvalue weighted by atomic mass is 9.74. The summed E-state index contributed by atoms with van der Waals surface area (Å²) in [6, 6.07) is 0. The molecule has 2 heteroatoms. The van der Waals surface area contributed by atoms with Gasteiger partial charge in [0.1, 0.15) is 0 Å². The predicted molar refractivity (Wildman–Crippen MR) is 56.8 cm³/mol. The summed E-state index contributed by atoms with van der Waals surface area (Å²) >= 11 is 0. The fourth-order valence-electron chi connectivity index (χ4n) is 1.78. The number of hydrogen-bond donors (Lipinski definition) is 2. The summed E-state index contributed by atoms with van der Waals surface area (Å²) in [5, 5.41) is 0. The molecule has 0 aromatic heterocycles. The molecule has 0 aliphatic heterocycles. The van der Waals surface area contributed by atoms with E-state index in [1.54, 1.807) is 0 Å². The Morgan fingerprint density at radius 1 is 1.38 bits per heavy atom. The third kappa shape index (κ3) is 1.71. The van der Waals surface area contributed by atoms with Gasteiger partial charge in [0, 0.05) is 16.8 Å². The summed E-state index contributed by atoms with van der Waals surface area (Å²) in [7, 11) is 0. The molecule has 1 aliphatic carbocycles. The van der Waals surface area contributed by atoms with Crippen molar-refractivity contribution in [2.24, 2.45) is 16.9 Å². The second kappa shape index (κ2) is 3.44. The molecular formula is C11H20N2. The zero-order valence-corrected chi connectivity index (χ0v) is 8.85. The van der Waals surface area contributed by atoms with Crippen LogP contribution in [0.3, 0.4) is 0 Å². The van der Waals surface area contributed by atoms with Crippen molar-refractivity contribution in [1.29, 1.82) is 0 Å². The van der Waals surface area contributed by atoms with E-state index in [0.29, 0.717) is 0 Å². The van der Waals surface area contributed by atoms with Crippen LogP contribution in [-0.2, 0) is 0 Å². The molecular weight excluding hydrogens is 160 g/mol. The van der Waals surface area contributed by atoms with E-state index in [4.69, 9.17) is 11.5 Å². The lowest BCUT2D eigenvalue weighted by Gasteiger charge is -2.33. The number of nitrogens with two attached hydrogens (primary N) is 2. The van der Waals surface area contributed by atoms with E-state index in [9.17, 15) is 0 Å². The molecule has 2 nitrogen and oxygen atoms in total. The highest BCUT2D eigenvalue weighted by molar-refractivity contribution is 5.34. The van der Waals surface area contributed by atoms with Crippen molar-refractivity contribution in [3.8, 4) is 0 Å². The number of hydrogen-bond acceptors (Lipinski definition) is 2. The lowest BCUT2D eigenvalue weighted by Crippen LogP contribution is -2.29. The molecule has 1 rings (SSSR count). The summed E-state index contributed by atoms with van der Waals surface area (Å²) in [6.45, 7) is 6.53. The summed E-state index contributed by atoms with van der Waals surface area (Å²) < 4.78 is 0. The molecule has 0 amide bonds. The largest absolute Gasteiger partial charge is 0.402 e. The highest BCUT2D eigenvalue weighted by atomic mass is 14.7. The first-order valence-corrected chi connectivity index (χ1v) is 4.98. The monoisotopic (exact) mass is 180 g/mol. The highest BCUT2D eigenvalue weighted by Gasteiger charge is 2.29. The van der Waals surface area contributed by atoms with Gasteiger partial charge in [-0.3, -0.25) is 0 Å². The standard InChI is InChI=1S/C11H20N2/c1-4-8-7-11(3,5-2)10(13)6-9(8)12/h6H,4-5,7,12-13H2,1-3H3. The second-order valence-corrected chi connectivity index (χ2v) is 4.10. The van der Waals surface area contributed by atoms with E-state index in [2.05, 4.69) is 20.8 Å². The van der Waals surface area contributed by atoms with Gasteiger partial charge in [0.25, 0.3) is 0 Å². The quantitative estimate of drug-likeness (QED) is 0.685. The first-order chi connectivity index (χ1) is 6.03. The van der Waals surface area contributed by atoms with Crippen LogP contribution in [0.15, 0.2) is 23.0 Å². The molecule has 4 N–H and O–H groups in total. The summed E-state index contributed by atoms with van der Waals surface area (Å²) in [4.78, 5) is 0. The Hall–Kier alpha value is -0.920. The van der Waals surface area contributed by atoms with Gasteiger partial charge in [0.2, 0.25) is 0 Å². The van der Waals surface area contributed by atoms with Gasteiger partial charge in [-0.2, -0.15) is 0 Å². The Morgan fingerprint density at radius 3 is 2.46 bits per heavy atom. The summed E-state index contributed by atoms with van der Waals surface area (Å²) in [6.07, 6.45) is 5.07. The SMILES string of the molecule is CCC1=C(N)C=C(N)C(C)(CC)C1. The third-order valence-electron chi connectivity index (χ3n) is 3.23. The molecule has 1 atom stereocenters. The van der Waals surface area contributed by atoms with Crippen molar-refractivity contribution in [2.75, 3.05) is 0 Å². The highest BCUT2D eigenvalue weighted by Crippen LogP contribution is 2.39. The van der Waals surface area contributed by atoms with Crippen LogP contribution >= 0.6 is 0 Å². The average molecular weight is 180 g/mol. The third-order valence-corrected chi connectivity index (χ3v) is 3.23. The van der Waals surface area contributed by atoms with Crippen molar-refractivity contribution in [3.63, 3.8) is 0 Å². The van der Waals surface area contributed by atoms with E-state index in [-0.39, 0.29) is 5.41 Å². The maximum Gasteiger partial charge on any atom is 0.0323 e. The van der Waals surface area contributed by atoms with Crippen molar-refractivity contribution in [1.82, 2.24) is 0 Å². The van der Waals surface area contributed by atoms with Crippen LogP contribution in [0.1, 0.15) is 40.0 Å². The van der Waals surface area contributed by atoms with Crippen molar-refractivity contribution in [2.45, 2.75) is 40.0 Å². The normalized spacial score (nSPS) is 29.0. The molecule has 1 aliphatic rings. The van der Waals surface area contributed by atoms with E-state index in [1.807, 2.05) is 6.08 Å². The fourth-order valence-corrected chi connectivity index (χ4v) is 1.78. The number of rotatable bonds is 2. The molecule has 0 aromatic rings. The van der Waals surface area contributed by atoms with E-state index >= 15 is 0 Å². The van der Waals surface area contributed by atoms with Gasteiger partial charge in [-0.1, -0.05) is 20.8 Å². The smallest absolute Gasteiger partial charge is 0.0323 e. The number of allylic oxidation sites excluding steroid dienone is 3. The minimum Gasteiger partial charge on any atom is -0.402 e. The molecule has 0 radical (unpaired) electrons. The molecule has 13 heavy (non-hydrogen) atoms. The zero-order valence-electron chi connectivity index (χ0n) is 8.85. The first-order valence-electron chi connectivity index (χ1n) is 4.98. The predicted octanol–water partition coefficient (Wildman–Crippen LogP) is 2.27. The van der Waals surface area contributed by atoms with Gasteiger partial charge in [0.15, 0.2) is 0 Å². The minimum atomic E-state index is 0.133. The van der Waals surface area contributed by atoms with Crippen LogP contribution in [0.4, 0.5) is 0 Å². The molecule has 0 bridgehead atoms. The molecule has 0 fully saturated rings. The Labute approximate surface area is 80.7 Å². The Bertz CT molecular complexity index is 263. The summed E-state index contributed by atoms with van der Waals surface area (Å²) in [5.74, 6) is 0. The van der Waals surface area contributed by atoms with Crippen molar-refractivity contribution >= 4 is 0 Å². The van der Waals surface area contributed by atoms with Crippen molar-refractivity contribution in [3.05, 3.63) is 23.0 Å². The van der Waals surface area contributed by atoms with Crippen LogP contribution in [-0.4, -0.2) is 0 Å². The van der Waals surface area contributed by atoms with E-state index in [0.717, 1.165) is 30.7 Å². The molecule has 1 unspecified atom stereocenters. The second-order valence-electron chi connectivity index (χ2n) is 4.10. The van der Waals surface area contributed by atoms with Crippen LogP contribution in [0.5, 0.6) is 0 Å². The van der Waals surface area contributed by atoms with Gasteiger partial charge in [0.05, 0.1) is 0 Å². The van der Waals surface area contributed by atoms with Gasteiger partial charge >= 0.3 is 0 Å². The van der Waals surface area contributed by atoms with Crippen LogP contribution in [0.2, 0.25) is 0 Å². The van der Waals surface area contributed by atoms with Crippen LogP contribution in [0, 0.1) is 5.41 Å². The van der Waals surface area contributed by atoms with Crippen LogP contribution in [0.25, 0.3) is 0 Å². The Balaban J connectivity index is 3.00. The Kier molecular flexibility index (Phi) is 2.69. The lowest BCUT2D eigenvalue weighted by molar-refractivity contribution is 0.363. The van der Waals surface area contributed by atoms with E-state index < -0.39 is 0 Å². The molecule has 0 saturated carbocycles. The molecule has 0 spiro atoms. The molecule has 74 valence electrons.